The van der Waals surface area contributed by atoms with E-state index in [1.54, 1.807) is 0 Å². The Kier molecular flexibility index (Phi) is 5.24. The summed E-state index contributed by atoms with van der Waals surface area (Å²) in [5, 5.41) is 3.03. The fourth-order valence-electron chi connectivity index (χ4n) is 4.85. The summed E-state index contributed by atoms with van der Waals surface area (Å²) >= 11 is 0. The standard InChI is InChI=1S/C26H27N3O/c30-26(27-23-14-8-3-9-15-23)29-17-22-16-28(25(22)19-29)18-24(20-10-4-1-5-11-20)21-12-6-2-7-13-21/h1-15,22,24-25H,16-19H2,(H,27,30). The largest absolute Gasteiger partial charge is 0.323 e. The molecular formula is C26H27N3O. The van der Waals surface area contributed by atoms with Crippen LogP contribution in [-0.2, 0) is 0 Å². The Morgan fingerprint density at radius 3 is 1.97 bits per heavy atom. The lowest BCUT2D eigenvalue weighted by molar-refractivity contribution is 0.0485. The van der Waals surface area contributed by atoms with Crippen LogP contribution in [0.3, 0.4) is 0 Å². The zero-order valence-corrected chi connectivity index (χ0v) is 17.0. The van der Waals surface area contributed by atoms with Gasteiger partial charge >= 0.3 is 6.03 Å². The molecule has 30 heavy (non-hydrogen) atoms. The molecule has 4 heteroatoms. The summed E-state index contributed by atoms with van der Waals surface area (Å²) in [5.41, 5.74) is 3.56. The van der Waals surface area contributed by atoms with Gasteiger partial charge in [-0.05, 0) is 23.3 Å². The van der Waals surface area contributed by atoms with Crippen molar-refractivity contribution >= 4 is 11.7 Å². The van der Waals surface area contributed by atoms with E-state index in [4.69, 9.17) is 0 Å². The number of hydrogen-bond donors (Lipinski definition) is 1. The highest BCUT2D eigenvalue weighted by molar-refractivity contribution is 5.89. The Balaban J connectivity index is 1.26. The number of nitrogens with zero attached hydrogens (tertiary/aromatic N) is 2. The van der Waals surface area contributed by atoms with E-state index in [1.165, 1.54) is 11.1 Å². The van der Waals surface area contributed by atoms with Crippen LogP contribution in [0, 0.1) is 5.92 Å². The minimum atomic E-state index is 0.0122. The fraction of sp³-hybridized carbons (Fsp3) is 0.269. The van der Waals surface area contributed by atoms with E-state index < -0.39 is 0 Å². The second kappa shape index (κ2) is 8.33. The van der Waals surface area contributed by atoms with Crippen LogP contribution in [0.2, 0.25) is 0 Å². The maximum absolute atomic E-state index is 12.7. The van der Waals surface area contributed by atoms with Gasteiger partial charge in [-0.2, -0.15) is 0 Å². The zero-order chi connectivity index (χ0) is 20.3. The van der Waals surface area contributed by atoms with Crippen LogP contribution >= 0.6 is 0 Å². The first-order chi connectivity index (χ1) is 14.8. The molecule has 2 fully saturated rings. The quantitative estimate of drug-likeness (QED) is 0.679. The van der Waals surface area contributed by atoms with Crippen molar-refractivity contribution in [3.63, 3.8) is 0 Å². The van der Waals surface area contributed by atoms with Gasteiger partial charge in [0.25, 0.3) is 0 Å². The number of para-hydroxylation sites is 1. The van der Waals surface area contributed by atoms with Crippen molar-refractivity contribution in [3.8, 4) is 0 Å². The smallest absolute Gasteiger partial charge is 0.321 e. The average Bonchev–Trinajstić information content (AvgIpc) is 3.13. The van der Waals surface area contributed by atoms with E-state index in [9.17, 15) is 4.79 Å². The Labute approximate surface area is 178 Å². The lowest BCUT2D eigenvalue weighted by Crippen LogP contribution is -2.56. The molecule has 3 aromatic carbocycles. The summed E-state index contributed by atoms with van der Waals surface area (Å²) in [4.78, 5) is 17.2. The van der Waals surface area contributed by atoms with Crippen LogP contribution in [0.1, 0.15) is 17.0 Å². The Morgan fingerprint density at radius 1 is 0.800 bits per heavy atom. The van der Waals surface area contributed by atoms with Gasteiger partial charge < -0.3 is 10.2 Å². The minimum Gasteiger partial charge on any atom is -0.323 e. The van der Waals surface area contributed by atoms with Crippen LogP contribution < -0.4 is 5.32 Å². The lowest BCUT2D eigenvalue weighted by atomic mass is 9.86. The van der Waals surface area contributed by atoms with Gasteiger partial charge in [-0.15, -0.1) is 0 Å². The molecule has 0 saturated carbocycles. The predicted octanol–water partition coefficient (Wildman–Crippen LogP) is 4.67. The second-order valence-electron chi connectivity index (χ2n) is 8.36. The van der Waals surface area contributed by atoms with Crippen molar-refractivity contribution in [3.05, 3.63) is 102 Å². The molecule has 5 rings (SSSR count). The summed E-state index contributed by atoms with van der Waals surface area (Å²) in [7, 11) is 0. The maximum Gasteiger partial charge on any atom is 0.321 e. The number of urea groups is 1. The highest BCUT2D eigenvalue weighted by Crippen LogP contribution is 2.36. The van der Waals surface area contributed by atoms with Crippen molar-refractivity contribution in [2.45, 2.75) is 12.0 Å². The van der Waals surface area contributed by atoms with Gasteiger partial charge in [0.15, 0.2) is 0 Å². The summed E-state index contributed by atoms with van der Waals surface area (Å²) in [6, 6.07) is 31.7. The molecule has 0 aliphatic carbocycles. The van der Waals surface area contributed by atoms with Gasteiger partial charge in [-0.25, -0.2) is 4.79 Å². The molecular weight excluding hydrogens is 370 g/mol. The SMILES string of the molecule is O=C(Nc1ccccc1)N1CC2CN(CC(c3ccccc3)c3ccccc3)C2C1. The second-order valence-corrected chi connectivity index (χ2v) is 8.36. The molecule has 2 aliphatic heterocycles. The molecule has 1 N–H and O–H groups in total. The lowest BCUT2D eigenvalue weighted by Gasteiger charge is -2.45. The van der Waals surface area contributed by atoms with Crippen LogP contribution in [0.5, 0.6) is 0 Å². The summed E-state index contributed by atoms with van der Waals surface area (Å²) in [5.74, 6) is 0.930. The first kappa shape index (κ1) is 18.9. The molecule has 2 saturated heterocycles. The van der Waals surface area contributed by atoms with Gasteiger partial charge in [-0.1, -0.05) is 78.9 Å². The van der Waals surface area contributed by atoms with Crippen LogP contribution in [0.4, 0.5) is 10.5 Å². The number of nitrogens with one attached hydrogen (secondary N) is 1. The van der Waals surface area contributed by atoms with Crippen LogP contribution in [0.25, 0.3) is 0 Å². The first-order valence-electron chi connectivity index (χ1n) is 10.7. The Hall–Kier alpha value is -3.11. The average molecular weight is 398 g/mol. The van der Waals surface area contributed by atoms with Gasteiger partial charge in [0.2, 0.25) is 0 Å². The zero-order valence-electron chi connectivity index (χ0n) is 17.0. The number of benzene rings is 3. The van der Waals surface area contributed by atoms with Gasteiger partial charge in [0, 0.05) is 49.7 Å². The first-order valence-corrected chi connectivity index (χ1v) is 10.7. The van der Waals surface area contributed by atoms with Crippen molar-refractivity contribution in [2.75, 3.05) is 31.5 Å². The van der Waals surface area contributed by atoms with Gasteiger partial charge in [0.1, 0.15) is 0 Å². The number of amides is 2. The maximum atomic E-state index is 12.7. The molecule has 2 amide bonds. The van der Waals surface area contributed by atoms with Gasteiger partial charge in [0.05, 0.1) is 0 Å². The number of rotatable bonds is 5. The van der Waals surface area contributed by atoms with Gasteiger partial charge in [-0.3, -0.25) is 4.90 Å². The van der Waals surface area contributed by atoms with Crippen LogP contribution in [0.15, 0.2) is 91.0 Å². The molecule has 2 aliphatic rings. The van der Waals surface area contributed by atoms with Crippen molar-refractivity contribution in [2.24, 2.45) is 5.92 Å². The number of anilines is 1. The third kappa shape index (κ3) is 3.83. The number of carbonyl (C=O) groups excluding carboxylic acids is 1. The number of fused-ring (bicyclic) bond motifs is 1. The molecule has 0 bridgehead atoms. The molecule has 0 aromatic heterocycles. The molecule has 3 aromatic rings. The monoisotopic (exact) mass is 397 g/mol. The molecule has 0 radical (unpaired) electrons. The summed E-state index contributed by atoms with van der Waals surface area (Å²) in [6.07, 6.45) is 0. The van der Waals surface area contributed by atoms with E-state index in [0.717, 1.165) is 31.9 Å². The Bertz CT molecular complexity index is 937. The number of likely N-dealkylation sites (tertiary alicyclic amines) is 2. The molecule has 152 valence electrons. The topological polar surface area (TPSA) is 35.6 Å². The number of carbonyl (C=O) groups is 1. The van der Waals surface area contributed by atoms with Crippen molar-refractivity contribution in [1.82, 2.24) is 9.80 Å². The normalized spacial score (nSPS) is 20.6. The molecule has 0 spiro atoms. The third-order valence-corrected chi connectivity index (χ3v) is 6.48. The third-order valence-electron chi connectivity index (χ3n) is 6.48. The molecule has 2 unspecified atom stereocenters. The molecule has 2 atom stereocenters. The fourth-order valence-corrected chi connectivity index (χ4v) is 4.85. The minimum absolute atomic E-state index is 0.0122. The van der Waals surface area contributed by atoms with E-state index in [1.807, 2.05) is 35.2 Å². The van der Waals surface area contributed by atoms with Crippen molar-refractivity contribution < 1.29 is 4.79 Å². The van der Waals surface area contributed by atoms with E-state index in [2.05, 4.69) is 70.9 Å². The highest BCUT2D eigenvalue weighted by atomic mass is 16.2. The van der Waals surface area contributed by atoms with E-state index >= 15 is 0 Å². The van der Waals surface area contributed by atoms with E-state index in [0.29, 0.717) is 17.9 Å². The van der Waals surface area contributed by atoms with Crippen LogP contribution in [-0.4, -0.2) is 48.1 Å². The summed E-state index contributed by atoms with van der Waals surface area (Å²) in [6.45, 7) is 3.71. The Morgan fingerprint density at radius 2 is 1.37 bits per heavy atom. The highest BCUT2D eigenvalue weighted by Gasteiger charge is 2.47. The number of hydrogen-bond acceptors (Lipinski definition) is 2. The summed E-state index contributed by atoms with van der Waals surface area (Å²) < 4.78 is 0. The van der Waals surface area contributed by atoms with Crippen molar-refractivity contribution in [1.29, 1.82) is 0 Å². The molecule has 4 nitrogen and oxygen atoms in total. The predicted molar refractivity (Wildman–Crippen MR) is 121 cm³/mol. The molecule has 2 heterocycles. The van der Waals surface area contributed by atoms with E-state index in [-0.39, 0.29) is 6.03 Å².